The van der Waals surface area contributed by atoms with Crippen molar-refractivity contribution in [1.82, 2.24) is 9.97 Å². The molecular formula is C18H12F6N2OS. The number of nitrogens with zero attached hydrogens (tertiary/aromatic N) is 2. The van der Waals surface area contributed by atoms with Crippen LogP contribution in [0.1, 0.15) is 22.9 Å². The van der Waals surface area contributed by atoms with Gasteiger partial charge in [0.05, 0.1) is 5.56 Å². The van der Waals surface area contributed by atoms with Crippen molar-refractivity contribution in [2.24, 2.45) is 0 Å². The van der Waals surface area contributed by atoms with Crippen LogP contribution in [-0.4, -0.2) is 9.97 Å². The maximum absolute atomic E-state index is 12.7. The summed E-state index contributed by atoms with van der Waals surface area (Å²) in [7, 11) is 0. The number of benzene rings is 1. The number of ether oxygens (including phenoxy) is 1. The molecule has 0 aliphatic carbocycles. The maximum atomic E-state index is 12.7. The maximum Gasteiger partial charge on any atom is 0.425 e. The summed E-state index contributed by atoms with van der Waals surface area (Å²) in [6, 6.07) is 5.12. The normalized spacial score (nSPS) is 12.2. The van der Waals surface area contributed by atoms with Gasteiger partial charge in [-0.15, -0.1) is 11.3 Å². The molecule has 0 aliphatic rings. The van der Waals surface area contributed by atoms with Gasteiger partial charge >= 0.3 is 12.4 Å². The number of hydrogen-bond donors (Lipinski definition) is 0. The van der Waals surface area contributed by atoms with Gasteiger partial charge in [-0.05, 0) is 18.6 Å². The van der Waals surface area contributed by atoms with E-state index in [2.05, 4.69) is 9.97 Å². The molecule has 3 nitrogen and oxygen atoms in total. The predicted molar refractivity (Wildman–Crippen MR) is 91.2 cm³/mol. The van der Waals surface area contributed by atoms with Crippen LogP contribution in [0, 0.1) is 0 Å². The minimum absolute atomic E-state index is 0.0240. The fraction of sp³-hybridized carbons (Fsp3) is 0.222. The van der Waals surface area contributed by atoms with Gasteiger partial charge in [0.15, 0.2) is 5.82 Å². The van der Waals surface area contributed by atoms with E-state index in [4.69, 9.17) is 4.74 Å². The first-order valence-corrected chi connectivity index (χ1v) is 8.83. The summed E-state index contributed by atoms with van der Waals surface area (Å²) >= 11 is 0.494. The van der Waals surface area contributed by atoms with Crippen molar-refractivity contribution in [3.8, 4) is 23.0 Å². The molecule has 3 aromatic rings. The van der Waals surface area contributed by atoms with Gasteiger partial charge in [0, 0.05) is 28.8 Å². The number of aromatic nitrogens is 2. The van der Waals surface area contributed by atoms with E-state index in [1.54, 1.807) is 6.92 Å². The SMILES string of the molecule is CCc1cnc(-c2ccc(C(F)(F)F)cc2)nc1Oc1csc(C(F)(F)F)c1. The highest BCUT2D eigenvalue weighted by Gasteiger charge is 2.33. The largest absolute Gasteiger partial charge is 0.438 e. The van der Waals surface area contributed by atoms with Gasteiger partial charge in [0.25, 0.3) is 0 Å². The van der Waals surface area contributed by atoms with Gasteiger partial charge in [0.1, 0.15) is 10.6 Å². The molecule has 2 aromatic heterocycles. The number of thiophene rings is 1. The van der Waals surface area contributed by atoms with E-state index in [9.17, 15) is 26.3 Å². The minimum Gasteiger partial charge on any atom is -0.438 e. The van der Waals surface area contributed by atoms with Gasteiger partial charge in [-0.1, -0.05) is 19.1 Å². The standard InChI is InChI=1S/C18H12F6N2OS/c1-2-10-8-25-15(11-3-5-12(6-4-11)17(19,20)21)26-16(10)27-13-7-14(28-9-13)18(22,23)24/h3-9H,2H2,1H3. The molecule has 148 valence electrons. The Morgan fingerprint density at radius 2 is 1.68 bits per heavy atom. The van der Waals surface area contributed by atoms with Crippen molar-refractivity contribution in [3.05, 3.63) is 57.9 Å². The molecule has 1 aromatic carbocycles. The first-order valence-electron chi connectivity index (χ1n) is 7.95. The minimum atomic E-state index is -4.48. The summed E-state index contributed by atoms with van der Waals surface area (Å²) in [6.07, 6.45) is -7.04. The summed E-state index contributed by atoms with van der Waals surface area (Å²) in [5.74, 6) is 0.134. The van der Waals surface area contributed by atoms with Gasteiger partial charge in [-0.2, -0.15) is 31.3 Å². The van der Waals surface area contributed by atoms with Crippen LogP contribution in [0.5, 0.6) is 11.6 Å². The molecule has 0 saturated heterocycles. The van der Waals surface area contributed by atoms with Crippen molar-refractivity contribution in [2.45, 2.75) is 25.7 Å². The van der Waals surface area contributed by atoms with E-state index < -0.39 is 22.8 Å². The summed E-state index contributed by atoms with van der Waals surface area (Å²) in [5, 5.41) is 1.21. The lowest BCUT2D eigenvalue weighted by atomic mass is 10.1. The van der Waals surface area contributed by atoms with E-state index in [0.717, 1.165) is 18.2 Å². The molecule has 2 heterocycles. The van der Waals surface area contributed by atoms with Crippen molar-refractivity contribution in [1.29, 1.82) is 0 Å². The Labute approximate surface area is 159 Å². The molecule has 0 N–H and O–H groups in total. The fourth-order valence-corrected chi connectivity index (χ4v) is 2.98. The van der Waals surface area contributed by atoms with Crippen LogP contribution < -0.4 is 4.74 Å². The number of aryl methyl sites for hydroxylation is 1. The van der Waals surface area contributed by atoms with Crippen LogP contribution >= 0.6 is 11.3 Å². The molecule has 0 amide bonds. The molecule has 0 spiro atoms. The van der Waals surface area contributed by atoms with E-state index >= 15 is 0 Å². The zero-order chi connectivity index (χ0) is 20.5. The third-order valence-electron chi connectivity index (χ3n) is 3.75. The number of rotatable bonds is 4. The van der Waals surface area contributed by atoms with Crippen LogP contribution in [0.4, 0.5) is 26.3 Å². The first kappa shape index (κ1) is 20.1. The molecular weight excluding hydrogens is 406 g/mol. The highest BCUT2D eigenvalue weighted by Crippen LogP contribution is 2.38. The molecule has 0 aliphatic heterocycles. The smallest absolute Gasteiger partial charge is 0.425 e. The molecule has 3 rings (SSSR count). The third kappa shape index (κ3) is 4.44. The Morgan fingerprint density at radius 1 is 1.00 bits per heavy atom. The zero-order valence-electron chi connectivity index (χ0n) is 14.2. The lowest BCUT2D eigenvalue weighted by molar-refractivity contribution is -0.137. The van der Waals surface area contributed by atoms with Crippen LogP contribution in [0.3, 0.4) is 0 Å². The average molecular weight is 418 g/mol. The van der Waals surface area contributed by atoms with E-state index in [-0.39, 0.29) is 17.5 Å². The van der Waals surface area contributed by atoms with Crippen molar-refractivity contribution >= 4 is 11.3 Å². The Kier molecular flexibility index (Phi) is 5.33. The Bertz CT molecular complexity index is 963. The van der Waals surface area contributed by atoms with Crippen LogP contribution in [-0.2, 0) is 18.8 Å². The summed E-state index contributed by atoms with van der Waals surface area (Å²) in [4.78, 5) is 7.48. The molecule has 0 saturated carbocycles. The lowest BCUT2D eigenvalue weighted by Crippen LogP contribution is -2.04. The van der Waals surface area contributed by atoms with Gasteiger partial charge < -0.3 is 4.74 Å². The molecule has 0 bridgehead atoms. The van der Waals surface area contributed by atoms with Gasteiger partial charge in [0.2, 0.25) is 5.88 Å². The zero-order valence-corrected chi connectivity index (χ0v) is 15.0. The molecule has 0 radical (unpaired) electrons. The Balaban J connectivity index is 1.91. The van der Waals surface area contributed by atoms with Crippen molar-refractivity contribution in [3.63, 3.8) is 0 Å². The first-order chi connectivity index (χ1) is 13.1. The second kappa shape index (κ2) is 7.42. The van der Waals surface area contributed by atoms with Crippen LogP contribution in [0.15, 0.2) is 41.9 Å². The number of halogens is 6. The monoisotopic (exact) mass is 418 g/mol. The highest BCUT2D eigenvalue weighted by molar-refractivity contribution is 7.10. The number of alkyl halides is 6. The molecule has 0 fully saturated rings. The summed E-state index contributed by atoms with van der Waals surface area (Å²) in [6.45, 7) is 1.79. The molecule has 28 heavy (non-hydrogen) atoms. The van der Waals surface area contributed by atoms with E-state index in [0.29, 0.717) is 28.9 Å². The van der Waals surface area contributed by atoms with Gasteiger partial charge in [-0.3, -0.25) is 0 Å². The van der Waals surface area contributed by atoms with Crippen LogP contribution in [0.2, 0.25) is 0 Å². The molecule has 0 unspecified atom stereocenters. The predicted octanol–water partition coefficient (Wildman–Crippen LogP) is 6.60. The Morgan fingerprint density at radius 3 is 2.21 bits per heavy atom. The quantitative estimate of drug-likeness (QED) is 0.448. The average Bonchev–Trinajstić information content (AvgIpc) is 3.10. The number of hydrogen-bond acceptors (Lipinski definition) is 4. The molecule has 0 atom stereocenters. The van der Waals surface area contributed by atoms with Crippen LogP contribution in [0.25, 0.3) is 11.4 Å². The summed E-state index contributed by atoms with van der Waals surface area (Å²) in [5.41, 5.74) is 0.0630. The highest BCUT2D eigenvalue weighted by atomic mass is 32.1. The van der Waals surface area contributed by atoms with Crippen molar-refractivity contribution in [2.75, 3.05) is 0 Å². The second-order valence-electron chi connectivity index (χ2n) is 5.70. The van der Waals surface area contributed by atoms with Gasteiger partial charge in [-0.25, -0.2) is 4.98 Å². The second-order valence-corrected chi connectivity index (χ2v) is 6.61. The third-order valence-corrected chi connectivity index (χ3v) is 4.70. The van der Waals surface area contributed by atoms with Crippen molar-refractivity contribution < 1.29 is 31.1 Å². The van der Waals surface area contributed by atoms with E-state index in [1.165, 1.54) is 23.7 Å². The lowest BCUT2D eigenvalue weighted by Gasteiger charge is -2.10. The summed E-state index contributed by atoms with van der Waals surface area (Å²) < 4.78 is 81.8. The Hall–Kier alpha value is -2.62. The molecule has 10 heteroatoms. The topological polar surface area (TPSA) is 35.0 Å². The fourth-order valence-electron chi connectivity index (χ4n) is 2.30. The van der Waals surface area contributed by atoms with E-state index in [1.807, 2.05) is 0 Å².